The second-order valence-corrected chi connectivity index (χ2v) is 11.5. The molecule has 0 saturated carbocycles. The number of benzene rings is 2. The molecule has 2 atom stereocenters. The van der Waals surface area contributed by atoms with Gasteiger partial charge in [-0.1, -0.05) is 48.5 Å². The summed E-state index contributed by atoms with van der Waals surface area (Å²) in [5.74, 6) is 0.162. The summed E-state index contributed by atoms with van der Waals surface area (Å²) in [6.07, 6.45) is 0.880. The lowest BCUT2D eigenvalue weighted by molar-refractivity contribution is 0.0953. The zero-order valence-electron chi connectivity index (χ0n) is 17.1. The van der Waals surface area contributed by atoms with Crippen molar-refractivity contribution in [1.82, 2.24) is 5.32 Å². The van der Waals surface area contributed by atoms with Crippen LogP contribution in [0.2, 0.25) is 5.02 Å². The number of aliphatic imine (C=N–C) groups is 1. The number of nitrogens with one attached hydrogen (secondary N) is 1. The van der Waals surface area contributed by atoms with Gasteiger partial charge in [-0.05, 0) is 42.3 Å². The van der Waals surface area contributed by atoms with Gasteiger partial charge in [-0.25, -0.2) is 8.42 Å². The van der Waals surface area contributed by atoms with Gasteiger partial charge in [0, 0.05) is 28.1 Å². The van der Waals surface area contributed by atoms with E-state index in [4.69, 9.17) is 16.6 Å². The Hall–Kier alpha value is -2.03. The zero-order chi connectivity index (χ0) is 22.0. The summed E-state index contributed by atoms with van der Waals surface area (Å²) in [7, 11) is -3.02. The molecule has 164 valence electrons. The van der Waals surface area contributed by atoms with Crippen LogP contribution in [0.25, 0.3) is 0 Å². The van der Waals surface area contributed by atoms with Gasteiger partial charge in [-0.15, -0.1) is 0 Å². The third-order valence-corrected chi connectivity index (χ3v) is 8.92. The summed E-state index contributed by atoms with van der Waals surface area (Å²) in [5, 5.41) is 4.28. The number of hydrogen-bond acceptors (Lipinski definition) is 6. The minimum atomic E-state index is -3.02. The van der Waals surface area contributed by atoms with Crippen molar-refractivity contribution in [1.29, 1.82) is 0 Å². The molecule has 1 amide bonds. The van der Waals surface area contributed by atoms with Crippen LogP contribution >= 0.6 is 23.4 Å². The maximum atomic E-state index is 12.2. The molecule has 2 aliphatic heterocycles. The number of carbonyl (C=O) groups is 1. The van der Waals surface area contributed by atoms with Crippen LogP contribution in [0.3, 0.4) is 0 Å². The number of fused-ring (bicyclic) bond motifs is 1. The van der Waals surface area contributed by atoms with E-state index in [0.29, 0.717) is 23.7 Å². The summed E-state index contributed by atoms with van der Waals surface area (Å²) < 4.78 is 23.9. The number of hydrogen-bond donors (Lipinski definition) is 1. The third kappa shape index (κ3) is 5.07. The van der Waals surface area contributed by atoms with Crippen molar-refractivity contribution in [2.45, 2.75) is 31.2 Å². The smallest absolute Gasteiger partial charge is 0.251 e. The Balaban J connectivity index is 1.62. The molecule has 2 aromatic carbocycles. The standard InChI is InChI=1S/C22H24ClN3O3S2/c1-2-11-24-21(27)15-7-9-17(10-8-15)26(12-16-5-3-4-6-18(16)23)22-25-19-13-31(28,29)14-20(19)30-22/h3-10,19-20H,2,11-14H2,1H3,(H,24,27)/t19-,20-/m1/s1. The molecule has 31 heavy (non-hydrogen) atoms. The lowest BCUT2D eigenvalue weighted by atomic mass is 10.1. The van der Waals surface area contributed by atoms with Crippen molar-refractivity contribution in [3.05, 3.63) is 64.7 Å². The first kappa shape index (κ1) is 22.2. The molecular formula is C22H24ClN3O3S2. The molecule has 0 radical (unpaired) electrons. The fraction of sp³-hybridized carbons (Fsp3) is 0.364. The number of sulfone groups is 1. The van der Waals surface area contributed by atoms with Gasteiger partial charge < -0.3 is 10.2 Å². The van der Waals surface area contributed by atoms with Crippen LogP contribution in [0.15, 0.2) is 53.5 Å². The van der Waals surface area contributed by atoms with Crippen LogP contribution in [-0.4, -0.2) is 48.8 Å². The molecule has 2 aromatic rings. The zero-order valence-corrected chi connectivity index (χ0v) is 19.5. The average Bonchev–Trinajstić information content (AvgIpc) is 3.25. The average molecular weight is 478 g/mol. The number of thioether (sulfide) groups is 1. The van der Waals surface area contributed by atoms with E-state index in [1.165, 1.54) is 11.8 Å². The van der Waals surface area contributed by atoms with E-state index in [2.05, 4.69) is 5.32 Å². The van der Waals surface area contributed by atoms with Crippen LogP contribution in [-0.2, 0) is 16.4 Å². The lowest BCUT2D eigenvalue weighted by Crippen LogP contribution is -2.28. The molecule has 9 heteroatoms. The monoisotopic (exact) mass is 477 g/mol. The Morgan fingerprint density at radius 3 is 2.61 bits per heavy atom. The second-order valence-electron chi connectivity index (χ2n) is 7.69. The molecule has 1 saturated heterocycles. The predicted octanol–water partition coefficient (Wildman–Crippen LogP) is 3.75. The highest BCUT2D eigenvalue weighted by molar-refractivity contribution is 8.15. The van der Waals surface area contributed by atoms with E-state index in [9.17, 15) is 13.2 Å². The van der Waals surface area contributed by atoms with Crippen LogP contribution < -0.4 is 10.2 Å². The van der Waals surface area contributed by atoms with Crippen molar-refractivity contribution in [2.75, 3.05) is 23.0 Å². The first-order valence-corrected chi connectivity index (χ1v) is 13.3. The quantitative estimate of drug-likeness (QED) is 0.685. The minimum absolute atomic E-state index is 0.0483. The Bertz CT molecular complexity index is 1100. The molecule has 6 nitrogen and oxygen atoms in total. The fourth-order valence-corrected chi connectivity index (χ4v) is 7.65. The predicted molar refractivity (Wildman–Crippen MR) is 128 cm³/mol. The number of anilines is 1. The highest BCUT2D eigenvalue weighted by Crippen LogP contribution is 2.37. The van der Waals surface area contributed by atoms with E-state index in [1.807, 2.05) is 48.2 Å². The van der Waals surface area contributed by atoms with Gasteiger partial charge in [-0.3, -0.25) is 9.79 Å². The maximum Gasteiger partial charge on any atom is 0.251 e. The Kier molecular flexibility index (Phi) is 6.60. The molecule has 0 aliphatic carbocycles. The summed E-state index contributed by atoms with van der Waals surface area (Å²) in [6, 6.07) is 14.8. The van der Waals surface area contributed by atoms with Gasteiger partial charge in [-0.2, -0.15) is 0 Å². The van der Waals surface area contributed by atoms with E-state index in [-0.39, 0.29) is 28.7 Å². The van der Waals surface area contributed by atoms with E-state index in [1.54, 1.807) is 12.1 Å². The maximum absolute atomic E-state index is 12.2. The molecule has 0 aromatic heterocycles. The Morgan fingerprint density at radius 2 is 1.94 bits per heavy atom. The highest BCUT2D eigenvalue weighted by atomic mass is 35.5. The van der Waals surface area contributed by atoms with Crippen molar-refractivity contribution >= 4 is 50.0 Å². The number of rotatable bonds is 6. The van der Waals surface area contributed by atoms with Crippen molar-refractivity contribution in [3.8, 4) is 0 Å². The Morgan fingerprint density at radius 1 is 1.19 bits per heavy atom. The molecular weight excluding hydrogens is 454 g/mol. The molecule has 4 rings (SSSR count). The van der Waals surface area contributed by atoms with E-state index >= 15 is 0 Å². The molecule has 2 aliphatic rings. The second kappa shape index (κ2) is 9.22. The summed E-state index contributed by atoms with van der Waals surface area (Å²) >= 11 is 7.91. The van der Waals surface area contributed by atoms with Crippen LogP contribution in [0.5, 0.6) is 0 Å². The van der Waals surface area contributed by atoms with Gasteiger partial charge in [0.05, 0.1) is 24.1 Å². The summed E-state index contributed by atoms with van der Waals surface area (Å²) in [6.45, 7) is 3.15. The summed E-state index contributed by atoms with van der Waals surface area (Å²) in [4.78, 5) is 19.0. The van der Waals surface area contributed by atoms with Crippen molar-refractivity contribution < 1.29 is 13.2 Å². The topological polar surface area (TPSA) is 78.8 Å². The molecule has 1 N–H and O–H groups in total. The van der Waals surface area contributed by atoms with Crippen LogP contribution in [0, 0.1) is 0 Å². The van der Waals surface area contributed by atoms with Crippen molar-refractivity contribution in [3.63, 3.8) is 0 Å². The Labute approximate surface area is 192 Å². The van der Waals surface area contributed by atoms with Gasteiger partial charge >= 0.3 is 0 Å². The number of nitrogens with zero attached hydrogens (tertiary/aromatic N) is 2. The molecule has 0 bridgehead atoms. The number of carbonyl (C=O) groups excluding carboxylic acids is 1. The number of halogens is 1. The van der Waals surface area contributed by atoms with E-state index in [0.717, 1.165) is 22.8 Å². The molecule has 1 fully saturated rings. The minimum Gasteiger partial charge on any atom is -0.352 e. The molecule has 2 heterocycles. The highest BCUT2D eigenvalue weighted by Gasteiger charge is 2.44. The van der Waals surface area contributed by atoms with Gasteiger partial charge in [0.1, 0.15) is 0 Å². The van der Waals surface area contributed by atoms with Gasteiger partial charge in [0.25, 0.3) is 5.91 Å². The first-order chi connectivity index (χ1) is 14.9. The van der Waals surface area contributed by atoms with Gasteiger partial charge in [0.2, 0.25) is 0 Å². The van der Waals surface area contributed by atoms with Crippen LogP contribution in [0.4, 0.5) is 5.69 Å². The SMILES string of the molecule is CCCNC(=O)c1ccc(N(Cc2ccccc2Cl)C2=N[C@@H]3CS(=O)(=O)C[C@H]3S2)cc1. The number of amidine groups is 1. The first-order valence-electron chi connectivity index (χ1n) is 10.2. The molecule has 0 spiro atoms. The summed E-state index contributed by atoms with van der Waals surface area (Å²) in [5.41, 5.74) is 2.42. The normalized spacial score (nSPS) is 21.4. The lowest BCUT2D eigenvalue weighted by Gasteiger charge is -2.25. The molecule has 0 unspecified atom stereocenters. The third-order valence-electron chi connectivity index (χ3n) is 5.30. The van der Waals surface area contributed by atoms with E-state index < -0.39 is 9.84 Å². The number of amides is 1. The fourth-order valence-electron chi connectivity index (χ4n) is 3.67. The van der Waals surface area contributed by atoms with Crippen molar-refractivity contribution in [2.24, 2.45) is 4.99 Å². The van der Waals surface area contributed by atoms with Crippen LogP contribution in [0.1, 0.15) is 29.3 Å². The largest absolute Gasteiger partial charge is 0.352 e. The van der Waals surface area contributed by atoms with Gasteiger partial charge in [0.15, 0.2) is 15.0 Å².